The van der Waals surface area contributed by atoms with Crippen molar-refractivity contribution in [1.29, 1.82) is 0 Å². The molecule has 2 N–H and O–H groups in total. The van der Waals surface area contributed by atoms with Gasteiger partial charge in [0.05, 0.1) is 0 Å². The van der Waals surface area contributed by atoms with Gasteiger partial charge in [0.2, 0.25) is 0 Å². The van der Waals surface area contributed by atoms with Crippen molar-refractivity contribution in [3.05, 3.63) is 33.3 Å². The van der Waals surface area contributed by atoms with E-state index < -0.39 is 0 Å². The first-order valence-electron chi connectivity index (χ1n) is 5.06. The van der Waals surface area contributed by atoms with Crippen LogP contribution in [0.3, 0.4) is 0 Å². The third kappa shape index (κ3) is 1.51. The predicted octanol–water partition coefficient (Wildman–Crippen LogP) is 3.06. The molecular formula is C12H16BrN. The van der Waals surface area contributed by atoms with E-state index in [0.717, 1.165) is 6.54 Å². The molecule has 0 heterocycles. The Morgan fingerprint density at radius 2 is 2.00 bits per heavy atom. The Bertz CT molecular complexity index is 367. The summed E-state index contributed by atoms with van der Waals surface area (Å²) in [6.07, 6.45) is 2.50. The lowest BCUT2D eigenvalue weighted by molar-refractivity contribution is 0.697. The summed E-state index contributed by atoms with van der Waals surface area (Å²) in [4.78, 5) is 0. The van der Waals surface area contributed by atoms with Crippen LogP contribution in [0.5, 0.6) is 0 Å². The van der Waals surface area contributed by atoms with Gasteiger partial charge in [0, 0.05) is 16.4 Å². The molecule has 2 rings (SSSR count). The summed E-state index contributed by atoms with van der Waals surface area (Å²) >= 11 is 3.56. The van der Waals surface area contributed by atoms with Crippen LogP contribution in [0.4, 0.5) is 0 Å². The third-order valence-electron chi connectivity index (χ3n) is 3.45. The first kappa shape index (κ1) is 10.2. The number of halogens is 1. The molecule has 1 aromatic carbocycles. The van der Waals surface area contributed by atoms with Crippen LogP contribution in [0.2, 0.25) is 0 Å². The Morgan fingerprint density at radius 3 is 2.50 bits per heavy atom. The molecule has 1 aliphatic rings. The molecule has 1 saturated carbocycles. The molecule has 0 bridgehead atoms. The van der Waals surface area contributed by atoms with Crippen molar-refractivity contribution in [2.24, 2.45) is 5.73 Å². The first-order valence-corrected chi connectivity index (χ1v) is 5.86. The largest absolute Gasteiger partial charge is 0.330 e. The number of aryl methyl sites for hydroxylation is 1. The molecule has 0 radical (unpaired) electrons. The number of benzene rings is 1. The molecule has 14 heavy (non-hydrogen) atoms. The highest BCUT2D eigenvalue weighted by molar-refractivity contribution is 9.10. The van der Waals surface area contributed by atoms with Crippen molar-refractivity contribution in [1.82, 2.24) is 0 Å². The van der Waals surface area contributed by atoms with Gasteiger partial charge in [-0.05, 0) is 55.5 Å². The van der Waals surface area contributed by atoms with E-state index in [-0.39, 0.29) is 0 Å². The fourth-order valence-corrected chi connectivity index (χ4v) is 2.67. The van der Waals surface area contributed by atoms with Crippen molar-refractivity contribution in [3.63, 3.8) is 0 Å². The van der Waals surface area contributed by atoms with Crippen molar-refractivity contribution >= 4 is 15.9 Å². The Labute approximate surface area is 93.8 Å². The van der Waals surface area contributed by atoms with E-state index in [1.807, 2.05) is 0 Å². The number of nitrogens with two attached hydrogens (primary N) is 1. The smallest absolute Gasteiger partial charge is 0.0181 e. The maximum absolute atomic E-state index is 5.85. The normalized spacial score (nSPS) is 18.3. The van der Waals surface area contributed by atoms with Crippen LogP contribution >= 0.6 is 15.9 Å². The van der Waals surface area contributed by atoms with Gasteiger partial charge in [0.25, 0.3) is 0 Å². The molecule has 76 valence electrons. The molecule has 0 unspecified atom stereocenters. The highest BCUT2D eigenvalue weighted by Gasteiger charge is 2.43. The number of hydrogen-bond donors (Lipinski definition) is 1. The Hall–Kier alpha value is -0.340. The van der Waals surface area contributed by atoms with E-state index in [9.17, 15) is 0 Å². The second-order valence-electron chi connectivity index (χ2n) is 4.38. The minimum atomic E-state index is 0.304. The monoisotopic (exact) mass is 253 g/mol. The molecule has 2 heteroatoms. The van der Waals surface area contributed by atoms with Gasteiger partial charge in [-0.3, -0.25) is 0 Å². The van der Waals surface area contributed by atoms with Gasteiger partial charge in [-0.15, -0.1) is 0 Å². The van der Waals surface area contributed by atoms with Crippen LogP contribution in [0.25, 0.3) is 0 Å². The predicted molar refractivity (Wildman–Crippen MR) is 63.6 cm³/mol. The fraction of sp³-hybridized carbons (Fsp3) is 0.500. The summed E-state index contributed by atoms with van der Waals surface area (Å²) in [6, 6.07) is 4.41. The van der Waals surface area contributed by atoms with E-state index in [1.54, 1.807) is 0 Å². The lowest BCUT2D eigenvalue weighted by Gasteiger charge is -2.18. The van der Waals surface area contributed by atoms with E-state index in [2.05, 4.69) is 41.9 Å². The highest BCUT2D eigenvalue weighted by atomic mass is 79.9. The first-order chi connectivity index (χ1) is 6.59. The molecule has 0 amide bonds. The topological polar surface area (TPSA) is 26.0 Å². The van der Waals surface area contributed by atoms with Crippen LogP contribution in [-0.2, 0) is 5.41 Å². The average Bonchev–Trinajstić information content (AvgIpc) is 2.92. The summed E-state index contributed by atoms with van der Waals surface area (Å²) in [6.45, 7) is 5.15. The fourth-order valence-electron chi connectivity index (χ4n) is 2.10. The summed E-state index contributed by atoms with van der Waals surface area (Å²) in [7, 11) is 0. The van der Waals surface area contributed by atoms with Gasteiger partial charge in [-0.2, -0.15) is 0 Å². The summed E-state index contributed by atoms with van der Waals surface area (Å²) in [5.74, 6) is 0. The molecule has 1 fully saturated rings. The van der Waals surface area contributed by atoms with Crippen LogP contribution in [0, 0.1) is 13.8 Å². The Morgan fingerprint density at radius 1 is 1.36 bits per heavy atom. The zero-order valence-corrected chi connectivity index (χ0v) is 10.3. The molecule has 0 atom stereocenters. The SMILES string of the molecule is Cc1cc(Br)cc(C2(CN)CC2)c1C. The maximum Gasteiger partial charge on any atom is 0.0181 e. The molecule has 0 aliphatic heterocycles. The molecule has 1 aromatic rings. The Kier molecular flexibility index (Phi) is 2.44. The molecule has 0 spiro atoms. The molecule has 1 nitrogen and oxygen atoms in total. The summed E-state index contributed by atoms with van der Waals surface area (Å²) < 4.78 is 1.18. The second kappa shape index (κ2) is 3.35. The number of hydrogen-bond acceptors (Lipinski definition) is 1. The van der Waals surface area contributed by atoms with E-state index in [0.29, 0.717) is 5.41 Å². The lowest BCUT2D eigenvalue weighted by atomic mass is 9.90. The van der Waals surface area contributed by atoms with Gasteiger partial charge >= 0.3 is 0 Å². The van der Waals surface area contributed by atoms with Gasteiger partial charge in [-0.1, -0.05) is 15.9 Å². The van der Waals surface area contributed by atoms with Crippen molar-refractivity contribution in [3.8, 4) is 0 Å². The lowest BCUT2D eigenvalue weighted by Crippen LogP contribution is -2.21. The quantitative estimate of drug-likeness (QED) is 0.862. The third-order valence-corrected chi connectivity index (χ3v) is 3.91. The van der Waals surface area contributed by atoms with E-state index in [1.165, 1.54) is 34.0 Å². The highest BCUT2D eigenvalue weighted by Crippen LogP contribution is 2.49. The van der Waals surface area contributed by atoms with Crippen LogP contribution in [0.1, 0.15) is 29.5 Å². The average molecular weight is 254 g/mol. The molecule has 1 aliphatic carbocycles. The van der Waals surface area contributed by atoms with Crippen molar-refractivity contribution in [2.75, 3.05) is 6.54 Å². The van der Waals surface area contributed by atoms with Crippen LogP contribution in [-0.4, -0.2) is 6.54 Å². The minimum absolute atomic E-state index is 0.304. The summed E-state index contributed by atoms with van der Waals surface area (Å²) in [5, 5.41) is 0. The number of rotatable bonds is 2. The van der Waals surface area contributed by atoms with Gasteiger partial charge in [-0.25, -0.2) is 0 Å². The van der Waals surface area contributed by atoms with Gasteiger partial charge in [0.1, 0.15) is 0 Å². The molecule has 0 aromatic heterocycles. The maximum atomic E-state index is 5.85. The van der Waals surface area contributed by atoms with E-state index >= 15 is 0 Å². The van der Waals surface area contributed by atoms with E-state index in [4.69, 9.17) is 5.73 Å². The zero-order chi connectivity index (χ0) is 10.3. The molecular weight excluding hydrogens is 238 g/mol. The standard InChI is InChI=1S/C12H16BrN/c1-8-5-10(13)6-11(9(8)2)12(7-14)3-4-12/h5-6H,3-4,7,14H2,1-2H3. The van der Waals surface area contributed by atoms with Crippen molar-refractivity contribution < 1.29 is 0 Å². The second-order valence-corrected chi connectivity index (χ2v) is 5.30. The van der Waals surface area contributed by atoms with Crippen LogP contribution in [0.15, 0.2) is 16.6 Å². The zero-order valence-electron chi connectivity index (χ0n) is 8.73. The van der Waals surface area contributed by atoms with Crippen LogP contribution < -0.4 is 5.73 Å². The van der Waals surface area contributed by atoms with Gasteiger partial charge in [0.15, 0.2) is 0 Å². The molecule has 0 saturated heterocycles. The van der Waals surface area contributed by atoms with Crippen molar-refractivity contribution in [2.45, 2.75) is 32.1 Å². The minimum Gasteiger partial charge on any atom is -0.330 e. The summed E-state index contributed by atoms with van der Waals surface area (Å²) in [5.41, 5.74) is 10.4. The Balaban J connectivity index is 2.52. The van der Waals surface area contributed by atoms with Gasteiger partial charge < -0.3 is 5.73 Å².